The molecule has 0 radical (unpaired) electrons. The lowest BCUT2D eigenvalue weighted by molar-refractivity contribution is -0.879. The van der Waals surface area contributed by atoms with Gasteiger partial charge in [-0.15, -0.1) is 0 Å². The van der Waals surface area contributed by atoms with E-state index in [4.69, 9.17) is 4.74 Å². The lowest BCUT2D eigenvalue weighted by Crippen LogP contribution is -3.09. The van der Waals surface area contributed by atoms with E-state index in [0.717, 1.165) is 19.5 Å². The topological polar surface area (TPSA) is 63.1 Å². The smallest absolute Gasteiger partial charge is 0.294 e. The number of fused-ring (bicyclic) bond motifs is 1. The van der Waals surface area contributed by atoms with E-state index >= 15 is 0 Å². The van der Waals surface area contributed by atoms with Crippen LogP contribution >= 0.6 is 0 Å². The van der Waals surface area contributed by atoms with Crippen molar-refractivity contribution in [2.45, 2.75) is 26.2 Å². The number of amides is 2. The van der Waals surface area contributed by atoms with Crippen LogP contribution in [-0.4, -0.2) is 45.0 Å². The second kappa shape index (κ2) is 11.4. The van der Waals surface area contributed by atoms with E-state index in [1.807, 2.05) is 0 Å². The van der Waals surface area contributed by atoms with Gasteiger partial charge in [0.2, 0.25) is 5.91 Å². The number of quaternary nitrogens is 1. The summed E-state index contributed by atoms with van der Waals surface area (Å²) < 4.78 is 19.3. The van der Waals surface area contributed by atoms with Crippen molar-refractivity contribution in [3.8, 4) is 5.75 Å². The van der Waals surface area contributed by atoms with Crippen LogP contribution in [0.25, 0.3) is 6.08 Å². The van der Waals surface area contributed by atoms with Crippen LogP contribution in [0.1, 0.15) is 31.7 Å². The van der Waals surface area contributed by atoms with Gasteiger partial charge in [0, 0.05) is 13.0 Å². The highest BCUT2D eigenvalue weighted by Gasteiger charge is 2.31. The number of benzene rings is 2. The number of nitrogens with one attached hydrogen (secondary N) is 2. The molecule has 1 aliphatic heterocycles. The van der Waals surface area contributed by atoms with Crippen LogP contribution in [0, 0.1) is 5.82 Å². The summed E-state index contributed by atoms with van der Waals surface area (Å²) in [5.41, 5.74) is 1.04. The normalized spacial score (nSPS) is 15.3. The fourth-order valence-corrected chi connectivity index (χ4v) is 3.59. The summed E-state index contributed by atoms with van der Waals surface area (Å²) in [6.07, 6.45) is 4.74. The SMILES string of the molecule is CCCC[NH+](C)CCCNC(=O)CN1C(=O)C(=Cc2cccc(F)c2)Oc2ccccc21. The maximum Gasteiger partial charge on any atom is 0.294 e. The Morgan fingerprint density at radius 2 is 1.94 bits per heavy atom. The van der Waals surface area contributed by atoms with Gasteiger partial charge < -0.3 is 15.0 Å². The van der Waals surface area contributed by atoms with Gasteiger partial charge in [0.15, 0.2) is 11.5 Å². The van der Waals surface area contributed by atoms with Crippen LogP contribution in [0.5, 0.6) is 5.75 Å². The predicted octanol–water partition coefficient (Wildman–Crippen LogP) is 2.41. The third kappa shape index (κ3) is 6.40. The average Bonchev–Trinajstić information content (AvgIpc) is 2.78. The summed E-state index contributed by atoms with van der Waals surface area (Å²) in [4.78, 5) is 28.5. The summed E-state index contributed by atoms with van der Waals surface area (Å²) in [6.45, 7) is 4.74. The van der Waals surface area contributed by atoms with Crippen LogP contribution in [0.15, 0.2) is 54.3 Å². The third-order valence-corrected chi connectivity index (χ3v) is 5.34. The molecule has 1 atom stereocenters. The summed E-state index contributed by atoms with van der Waals surface area (Å²) in [7, 11) is 2.16. The number of carbonyl (C=O) groups excluding carboxylic acids is 2. The van der Waals surface area contributed by atoms with E-state index in [2.05, 4.69) is 19.3 Å². The molecular formula is C25H31FN3O3+. The first-order valence-electron chi connectivity index (χ1n) is 11.1. The van der Waals surface area contributed by atoms with Gasteiger partial charge in [-0.05, 0) is 42.3 Å². The quantitative estimate of drug-likeness (QED) is 0.441. The number of hydrogen-bond acceptors (Lipinski definition) is 3. The van der Waals surface area contributed by atoms with Gasteiger partial charge >= 0.3 is 0 Å². The molecule has 0 aromatic heterocycles. The maximum atomic E-state index is 13.5. The Balaban J connectivity index is 1.65. The van der Waals surface area contributed by atoms with Crippen LogP contribution in [0.3, 0.4) is 0 Å². The molecule has 3 rings (SSSR count). The Bertz CT molecular complexity index is 976. The summed E-state index contributed by atoms with van der Waals surface area (Å²) >= 11 is 0. The predicted molar refractivity (Wildman–Crippen MR) is 123 cm³/mol. The third-order valence-electron chi connectivity index (χ3n) is 5.34. The van der Waals surface area contributed by atoms with E-state index in [-0.39, 0.29) is 18.2 Å². The van der Waals surface area contributed by atoms with Crippen molar-refractivity contribution in [1.29, 1.82) is 0 Å². The molecule has 1 heterocycles. The van der Waals surface area contributed by atoms with Crippen LogP contribution in [0.4, 0.5) is 10.1 Å². The lowest BCUT2D eigenvalue weighted by Gasteiger charge is -2.30. The first-order chi connectivity index (χ1) is 15.5. The van der Waals surface area contributed by atoms with Gasteiger partial charge in [0.05, 0.1) is 25.8 Å². The Morgan fingerprint density at radius 1 is 1.16 bits per heavy atom. The molecule has 0 saturated heterocycles. The Morgan fingerprint density at radius 3 is 2.72 bits per heavy atom. The lowest BCUT2D eigenvalue weighted by atomic mass is 10.1. The van der Waals surface area contributed by atoms with Crippen molar-refractivity contribution in [1.82, 2.24) is 5.32 Å². The van der Waals surface area contributed by atoms with Crippen molar-refractivity contribution < 1.29 is 23.6 Å². The van der Waals surface area contributed by atoms with E-state index < -0.39 is 11.7 Å². The molecule has 0 bridgehead atoms. The summed E-state index contributed by atoms with van der Waals surface area (Å²) in [5, 5.41) is 2.91. The Kier molecular flexibility index (Phi) is 8.39. The van der Waals surface area contributed by atoms with Crippen LogP contribution in [0.2, 0.25) is 0 Å². The van der Waals surface area contributed by atoms with Crippen LogP contribution in [-0.2, 0) is 9.59 Å². The molecule has 1 aliphatic rings. The van der Waals surface area contributed by atoms with Gasteiger partial charge in [-0.1, -0.05) is 37.6 Å². The zero-order valence-corrected chi connectivity index (χ0v) is 18.7. The molecule has 170 valence electrons. The van der Waals surface area contributed by atoms with E-state index in [1.54, 1.807) is 36.4 Å². The highest BCUT2D eigenvalue weighted by Crippen LogP contribution is 2.35. The molecule has 2 amide bonds. The molecule has 7 heteroatoms. The molecule has 32 heavy (non-hydrogen) atoms. The molecule has 0 spiro atoms. The second-order valence-corrected chi connectivity index (χ2v) is 8.04. The minimum atomic E-state index is -0.438. The molecule has 2 aromatic carbocycles. The first-order valence-corrected chi connectivity index (χ1v) is 11.1. The largest absolute Gasteiger partial charge is 0.449 e. The highest BCUT2D eigenvalue weighted by molar-refractivity contribution is 6.12. The maximum absolute atomic E-state index is 13.5. The van der Waals surface area contributed by atoms with Crippen LogP contribution < -0.4 is 19.9 Å². The average molecular weight is 441 g/mol. The van der Waals surface area contributed by atoms with Crippen molar-refractivity contribution in [2.75, 3.05) is 38.1 Å². The van der Waals surface area contributed by atoms with E-state index in [0.29, 0.717) is 23.5 Å². The zero-order chi connectivity index (χ0) is 22.9. The van der Waals surface area contributed by atoms with Crippen molar-refractivity contribution in [2.24, 2.45) is 0 Å². The van der Waals surface area contributed by atoms with E-state index in [9.17, 15) is 14.0 Å². The van der Waals surface area contributed by atoms with Crippen molar-refractivity contribution >= 4 is 23.6 Å². The highest BCUT2D eigenvalue weighted by atomic mass is 19.1. The number of rotatable bonds is 10. The first kappa shape index (κ1) is 23.5. The van der Waals surface area contributed by atoms with Crippen molar-refractivity contribution in [3.05, 3.63) is 65.7 Å². The second-order valence-electron chi connectivity index (χ2n) is 8.04. The monoisotopic (exact) mass is 440 g/mol. The van der Waals surface area contributed by atoms with Gasteiger partial charge in [-0.25, -0.2) is 4.39 Å². The standard InChI is InChI=1S/C25H30FN3O3/c1-3-4-14-28(2)15-8-13-27-24(30)18-29-21-11-5-6-12-22(21)32-23(25(29)31)17-19-9-7-10-20(26)16-19/h5-7,9-12,16-17H,3-4,8,13-15,18H2,1-2H3,(H,27,30)/p+1. The van der Waals surface area contributed by atoms with Crippen molar-refractivity contribution in [3.63, 3.8) is 0 Å². The van der Waals surface area contributed by atoms with Gasteiger partial charge in [0.25, 0.3) is 5.91 Å². The summed E-state index contributed by atoms with van der Waals surface area (Å²) in [5.74, 6) is -0.549. The molecule has 1 unspecified atom stereocenters. The molecule has 0 aliphatic carbocycles. The number of halogens is 1. The number of anilines is 1. The number of hydrogen-bond donors (Lipinski definition) is 2. The van der Waals surface area contributed by atoms with Gasteiger partial charge in [0.1, 0.15) is 12.4 Å². The summed E-state index contributed by atoms with van der Waals surface area (Å²) in [6, 6.07) is 13.0. The van der Waals surface area contributed by atoms with E-state index in [1.165, 1.54) is 40.9 Å². The molecule has 6 nitrogen and oxygen atoms in total. The minimum Gasteiger partial charge on any atom is -0.449 e. The fourth-order valence-electron chi connectivity index (χ4n) is 3.59. The number of ether oxygens (including phenoxy) is 1. The molecule has 0 fully saturated rings. The number of para-hydroxylation sites is 2. The molecular weight excluding hydrogens is 409 g/mol. The molecule has 2 aromatic rings. The minimum absolute atomic E-state index is 0.0447. The number of unbranched alkanes of at least 4 members (excludes halogenated alkanes) is 1. The van der Waals surface area contributed by atoms with Gasteiger partial charge in [-0.3, -0.25) is 14.5 Å². The molecule has 2 N–H and O–H groups in total. The van der Waals surface area contributed by atoms with Gasteiger partial charge in [-0.2, -0.15) is 0 Å². The fraction of sp³-hybridized carbons (Fsp3) is 0.360. The zero-order valence-electron chi connectivity index (χ0n) is 18.7. The number of nitrogens with zero attached hydrogens (tertiary/aromatic N) is 1. The molecule has 0 saturated carbocycles. The Hall–Kier alpha value is -3.19. The number of carbonyl (C=O) groups is 2. The Labute approximate surface area is 188 Å².